The van der Waals surface area contributed by atoms with E-state index in [1.807, 2.05) is 24.3 Å². The molecule has 2 rings (SSSR count). The number of alkyl halides is 2. The molecule has 2 aromatic carbocycles. The molecule has 0 bridgehead atoms. The molecule has 2 aromatic rings. The number of aromatic carboxylic acids is 1. The Morgan fingerprint density at radius 1 is 0.880 bits per heavy atom. The van der Waals surface area contributed by atoms with Crippen molar-refractivity contribution in [1.29, 1.82) is 0 Å². The lowest BCUT2D eigenvalue weighted by Gasteiger charge is -2.20. The predicted octanol–water partition coefficient (Wildman–Crippen LogP) is 5.76. The number of benzene rings is 2. The van der Waals surface area contributed by atoms with E-state index in [1.165, 1.54) is 17.7 Å². The van der Waals surface area contributed by atoms with Crippen LogP contribution in [0.25, 0.3) is 0 Å². The molecule has 0 saturated heterocycles. The van der Waals surface area contributed by atoms with Gasteiger partial charge >= 0.3 is 5.97 Å². The third kappa shape index (κ3) is 4.79. The van der Waals surface area contributed by atoms with E-state index in [1.54, 1.807) is 12.1 Å². The average molecular weight is 468 g/mol. The van der Waals surface area contributed by atoms with Gasteiger partial charge in [-0.05, 0) is 28.7 Å². The number of carbonyl (C=O) groups is 2. The number of carboxylic acid groups (broad SMARTS) is 1. The van der Waals surface area contributed by atoms with Gasteiger partial charge in [0.05, 0.1) is 15.2 Å². The van der Waals surface area contributed by atoms with Gasteiger partial charge in [-0.2, -0.15) is 0 Å². The second kappa shape index (κ2) is 7.83. The lowest BCUT2D eigenvalue weighted by atomic mass is 9.86. The third-order valence-electron chi connectivity index (χ3n) is 4.02. The van der Waals surface area contributed by atoms with Crippen LogP contribution in [0.15, 0.2) is 48.5 Å². The van der Waals surface area contributed by atoms with Crippen LogP contribution in [0.2, 0.25) is 0 Å². The molecule has 0 saturated carbocycles. The molecule has 0 radical (unpaired) electrons. The van der Waals surface area contributed by atoms with Crippen LogP contribution in [-0.4, -0.2) is 21.7 Å². The molecule has 0 aliphatic carbocycles. The van der Waals surface area contributed by atoms with E-state index in [0.29, 0.717) is 5.56 Å². The molecule has 2 unspecified atom stereocenters. The molecule has 25 heavy (non-hydrogen) atoms. The molecule has 0 amide bonds. The lowest BCUT2D eigenvalue weighted by molar-refractivity contribution is 0.0696. The largest absolute Gasteiger partial charge is 0.478 e. The molecule has 132 valence electrons. The van der Waals surface area contributed by atoms with E-state index in [2.05, 4.69) is 52.6 Å². The maximum atomic E-state index is 12.7. The first kappa shape index (κ1) is 19.9. The van der Waals surface area contributed by atoms with Crippen LogP contribution in [-0.2, 0) is 5.41 Å². The van der Waals surface area contributed by atoms with Gasteiger partial charge in [-0.25, -0.2) is 4.79 Å². The van der Waals surface area contributed by atoms with E-state index in [9.17, 15) is 9.59 Å². The molecule has 3 nitrogen and oxygen atoms in total. The van der Waals surface area contributed by atoms with E-state index in [-0.39, 0.29) is 21.6 Å². The van der Waals surface area contributed by atoms with Crippen LogP contribution in [0.4, 0.5) is 0 Å². The molecule has 0 heterocycles. The van der Waals surface area contributed by atoms with Crippen molar-refractivity contribution in [2.24, 2.45) is 0 Å². The van der Waals surface area contributed by atoms with Crippen LogP contribution in [0, 0.1) is 0 Å². The maximum absolute atomic E-state index is 12.7. The highest BCUT2D eigenvalue weighted by molar-refractivity contribution is 9.12. The van der Waals surface area contributed by atoms with Crippen molar-refractivity contribution in [2.75, 3.05) is 0 Å². The number of carbonyl (C=O) groups excluding carboxylic acids is 1. The average Bonchev–Trinajstić information content (AvgIpc) is 2.59. The van der Waals surface area contributed by atoms with E-state index in [0.717, 1.165) is 5.56 Å². The summed E-state index contributed by atoms with van der Waals surface area (Å²) < 4.78 is 0. The van der Waals surface area contributed by atoms with Gasteiger partial charge in [-0.3, -0.25) is 4.79 Å². The highest BCUT2D eigenvalue weighted by Crippen LogP contribution is 2.34. The Morgan fingerprint density at radius 3 is 1.80 bits per heavy atom. The number of hydrogen-bond acceptors (Lipinski definition) is 2. The predicted molar refractivity (Wildman–Crippen MR) is 107 cm³/mol. The molecule has 0 aliphatic rings. The van der Waals surface area contributed by atoms with Gasteiger partial charge in [0.1, 0.15) is 0 Å². The fourth-order valence-corrected chi connectivity index (χ4v) is 3.52. The quantitative estimate of drug-likeness (QED) is 0.448. The molecule has 5 heteroatoms. The van der Waals surface area contributed by atoms with Gasteiger partial charge in [0.25, 0.3) is 0 Å². The van der Waals surface area contributed by atoms with Gasteiger partial charge in [-0.1, -0.05) is 89.0 Å². The van der Waals surface area contributed by atoms with Crippen molar-refractivity contribution >= 4 is 43.6 Å². The zero-order valence-corrected chi connectivity index (χ0v) is 17.5. The zero-order chi connectivity index (χ0) is 18.8. The number of rotatable bonds is 5. The summed E-state index contributed by atoms with van der Waals surface area (Å²) in [5.41, 5.74) is 2.92. The fraction of sp³-hybridized carbons (Fsp3) is 0.300. The molecule has 0 fully saturated rings. The van der Waals surface area contributed by atoms with E-state index < -0.39 is 10.8 Å². The number of carboxylic acids is 1. The number of halogens is 2. The summed E-state index contributed by atoms with van der Waals surface area (Å²) in [6, 6.07) is 14.2. The molecule has 1 N–H and O–H groups in total. The summed E-state index contributed by atoms with van der Waals surface area (Å²) in [5, 5.41) is 8.96. The molecule has 0 aliphatic heterocycles. The minimum atomic E-state index is -0.969. The van der Waals surface area contributed by atoms with Crippen molar-refractivity contribution in [3.8, 4) is 0 Å². The van der Waals surface area contributed by atoms with Crippen LogP contribution in [0.5, 0.6) is 0 Å². The topological polar surface area (TPSA) is 54.4 Å². The first-order valence-electron chi connectivity index (χ1n) is 7.87. The summed E-state index contributed by atoms with van der Waals surface area (Å²) in [4.78, 5) is 22.9. The number of ketones is 1. The number of Topliss-reactive ketones (excluding diaryl/α,β-unsaturated/α-hetero) is 1. The van der Waals surface area contributed by atoms with Crippen molar-refractivity contribution in [3.05, 3.63) is 70.8 Å². The third-order valence-corrected chi connectivity index (χ3v) is 6.73. The minimum absolute atomic E-state index is 0.0235. The molecular formula is C20H20Br2O3. The fourth-order valence-electron chi connectivity index (χ4n) is 2.41. The standard InChI is InChI=1S/C20H20Br2O3/c1-20(2,3)15-10-8-13(9-11-15)18(23)17(22)16(21)12-4-6-14(7-5-12)19(24)25/h4-11,16-17H,1-3H3,(H,24,25). The second-order valence-electron chi connectivity index (χ2n) is 6.92. The van der Waals surface area contributed by atoms with Gasteiger partial charge in [0.2, 0.25) is 0 Å². The Balaban J connectivity index is 2.16. The van der Waals surface area contributed by atoms with Crippen molar-refractivity contribution in [2.45, 2.75) is 35.8 Å². The van der Waals surface area contributed by atoms with Gasteiger partial charge < -0.3 is 5.11 Å². The summed E-state index contributed by atoms with van der Waals surface area (Å²) in [6.45, 7) is 6.39. The summed E-state index contributed by atoms with van der Waals surface area (Å²) in [5.74, 6) is -0.993. The second-order valence-corrected chi connectivity index (χ2v) is 8.90. The minimum Gasteiger partial charge on any atom is -0.478 e. The van der Waals surface area contributed by atoms with E-state index in [4.69, 9.17) is 5.11 Å². The molecule has 0 spiro atoms. The van der Waals surface area contributed by atoms with Gasteiger partial charge in [0.15, 0.2) is 5.78 Å². The zero-order valence-electron chi connectivity index (χ0n) is 14.3. The monoisotopic (exact) mass is 466 g/mol. The van der Waals surface area contributed by atoms with Crippen LogP contribution < -0.4 is 0 Å². The van der Waals surface area contributed by atoms with Crippen LogP contribution in [0.1, 0.15) is 57.4 Å². The smallest absolute Gasteiger partial charge is 0.335 e. The molecule has 0 aromatic heterocycles. The Labute approximate surface area is 164 Å². The van der Waals surface area contributed by atoms with Gasteiger partial charge in [0, 0.05) is 5.56 Å². The lowest BCUT2D eigenvalue weighted by Crippen LogP contribution is -2.20. The number of hydrogen-bond donors (Lipinski definition) is 1. The normalized spacial score (nSPS) is 14.0. The first-order valence-corrected chi connectivity index (χ1v) is 9.70. The Bertz CT molecular complexity index is 759. The van der Waals surface area contributed by atoms with Crippen molar-refractivity contribution < 1.29 is 14.7 Å². The van der Waals surface area contributed by atoms with E-state index >= 15 is 0 Å². The summed E-state index contributed by atoms with van der Waals surface area (Å²) in [6.07, 6.45) is 0. The van der Waals surface area contributed by atoms with Crippen molar-refractivity contribution in [1.82, 2.24) is 0 Å². The SMILES string of the molecule is CC(C)(C)c1ccc(C(=O)C(Br)C(Br)c2ccc(C(=O)O)cc2)cc1. The maximum Gasteiger partial charge on any atom is 0.335 e. The first-order chi connectivity index (χ1) is 11.6. The molecular weight excluding hydrogens is 448 g/mol. The Kier molecular flexibility index (Phi) is 6.22. The highest BCUT2D eigenvalue weighted by atomic mass is 79.9. The highest BCUT2D eigenvalue weighted by Gasteiger charge is 2.26. The van der Waals surface area contributed by atoms with Crippen LogP contribution >= 0.6 is 31.9 Å². The van der Waals surface area contributed by atoms with Crippen LogP contribution in [0.3, 0.4) is 0 Å². The Hall–Kier alpha value is -1.46. The summed E-state index contributed by atoms with van der Waals surface area (Å²) >= 11 is 7.02. The summed E-state index contributed by atoms with van der Waals surface area (Å²) in [7, 11) is 0. The molecule has 2 atom stereocenters. The van der Waals surface area contributed by atoms with Gasteiger partial charge in [-0.15, -0.1) is 0 Å². The van der Waals surface area contributed by atoms with Crippen molar-refractivity contribution in [3.63, 3.8) is 0 Å². The Morgan fingerprint density at radius 2 is 1.36 bits per heavy atom.